The summed E-state index contributed by atoms with van der Waals surface area (Å²) in [6, 6.07) is 7.32. The minimum absolute atomic E-state index is 0.118. The Bertz CT molecular complexity index is 531. The Morgan fingerprint density at radius 1 is 1.43 bits per heavy atom. The van der Waals surface area contributed by atoms with Crippen molar-refractivity contribution in [1.29, 1.82) is 0 Å². The molecule has 6 nitrogen and oxygen atoms in total. The van der Waals surface area contributed by atoms with E-state index in [4.69, 9.17) is 9.84 Å². The standard InChI is InChI=1S/C15H20N2O4/c1-15(2,13(18)19)17(3)14(20)16-9-11-8-10-6-4-5-7-12(10)21-11/h4-7,11H,8-9H2,1-3H3,(H,16,20)(H,18,19). The van der Waals surface area contributed by atoms with E-state index >= 15 is 0 Å². The highest BCUT2D eigenvalue weighted by Crippen LogP contribution is 2.27. The summed E-state index contributed by atoms with van der Waals surface area (Å²) in [7, 11) is 1.47. The van der Waals surface area contributed by atoms with E-state index in [-0.39, 0.29) is 6.10 Å². The molecule has 0 saturated carbocycles. The van der Waals surface area contributed by atoms with Gasteiger partial charge in [-0.2, -0.15) is 0 Å². The predicted octanol–water partition coefficient (Wildman–Crippen LogP) is 1.49. The first-order valence-corrected chi connectivity index (χ1v) is 6.82. The Hall–Kier alpha value is -2.24. The molecule has 6 heteroatoms. The van der Waals surface area contributed by atoms with Crippen molar-refractivity contribution in [3.05, 3.63) is 29.8 Å². The molecule has 0 spiro atoms. The van der Waals surface area contributed by atoms with Gasteiger partial charge in [0, 0.05) is 13.5 Å². The Morgan fingerprint density at radius 2 is 2.10 bits per heavy atom. The van der Waals surface area contributed by atoms with Crippen LogP contribution in [0.15, 0.2) is 24.3 Å². The summed E-state index contributed by atoms with van der Waals surface area (Å²) >= 11 is 0. The van der Waals surface area contributed by atoms with Crippen molar-refractivity contribution in [2.75, 3.05) is 13.6 Å². The number of carboxylic acid groups (broad SMARTS) is 1. The van der Waals surface area contributed by atoms with Gasteiger partial charge in [-0.25, -0.2) is 9.59 Å². The van der Waals surface area contributed by atoms with Gasteiger partial charge in [0.15, 0.2) is 0 Å². The van der Waals surface area contributed by atoms with Crippen molar-refractivity contribution in [2.24, 2.45) is 0 Å². The van der Waals surface area contributed by atoms with Gasteiger partial charge in [0.05, 0.1) is 6.54 Å². The molecule has 0 bridgehead atoms. The van der Waals surface area contributed by atoms with E-state index in [1.54, 1.807) is 0 Å². The third kappa shape index (κ3) is 3.09. The Labute approximate surface area is 123 Å². The molecule has 0 saturated heterocycles. The van der Waals surface area contributed by atoms with Gasteiger partial charge in [-0.1, -0.05) is 18.2 Å². The zero-order valence-electron chi connectivity index (χ0n) is 12.4. The van der Waals surface area contributed by atoms with Crippen molar-refractivity contribution < 1.29 is 19.4 Å². The average molecular weight is 292 g/mol. The van der Waals surface area contributed by atoms with Gasteiger partial charge < -0.3 is 20.1 Å². The van der Waals surface area contributed by atoms with E-state index in [2.05, 4.69) is 5.32 Å². The summed E-state index contributed by atoms with van der Waals surface area (Å²) in [5, 5.41) is 11.8. The molecule has 0 radical (unpaired) electrons. The molecule has 1 aliphatic rings. The van der Waals surface area contributed by atoms with Gasteiger partial charge in [-0.05, 0) is 25.5 Å². The molecule has 1 aromatic rings. The molecule has 21 heavy (non-hydrogen) atoms. The van der Waals surface area contributed by atoms with Crippen molar-refractivity contribution in [3.63, 3.8) is 0 Å². The summed E-state index contributed by atoms with van der Waals surface area (Å²) in [5.74, 6) is -0.208. The second kappa shape index (κ2) is 5.63. The second-order valence-corrected chi connectivity index (χ2v) is 5.66. The lowest BCUT2D eigenvalue weighted by Crippen LogP contribution is -2.55. The second-order valence-electron chi connectivity index (χ2n) is 5.66. The van der Waals surface area contributed by atoms with Gasteiger partial charge in [0.25, 0.3) is 0 Å². The molecule has 1 atom stereocenters. The van der Waals surface area contributed by atoms with Gasteiger partial charge >= 0.3 is 12.0 Å². The number of likely N-dealkylation sites (N-methyl/N-ethyl adjacent to an activating group) is 1. The topological polar surface area (TPSA) is 78.9 Å². The van der Waals surface area contributed by atoms with Crippen LogP contribution in [-0.4, -0.2) is 47.2 Å². The fraction of sp³-hybridized carbons (Fsp3) is 0.467. The Kier molecular flexibility index (Phi) is 4.06. The molecular weight excluding hydrogens is 272 g/mol. The van der Waals surface area contributed by atoms with E-state index in [1.807, 2.05) is 24.3 Å². The van der Waals surface area contributed by atoms with Gasteiger partial charge in [0.2, 0.25) is 0 Å². The Balaban J connectivity index is 1.87. The van der Waals surface area contributed by atoms with Crippen LogP contribution in [0.4, 0.5) is 4.79 Å². The number of benzene rings is 1. The highest BCUT2D eigenvalue weighted by Gasteiger charge is 2.35. The number of urea groups is 1. The smallest absolute Gasteiger partial charge is 0.329 e. The molecule has 1 aromatic carbocycles. The van der Waals surface area contributed by atoms with E-state index in [0.717, 1.165) is 17.7 Å². The van der Waals surface area contributed by atoms with E-state index in [0.29, 0.717) is 6.54 Å². The quantitative estimate of drug-likeness (QED) is 0.881. The van der Waals surface area contributed by atoms with Crippen molar-refractivity contribution >= 4 is 12.0 Å². The normalized spacial score (nSPS) is 16.8. The zero-order valence-corrected chi connectivity index (χ0v) is 12.4. The maximum atomic E-state index is 12.0. The largest absolute Gasteiger partial charge is 0.488 e. The van der Waals surface area contributed by atoms with E-state index in [1.165, 1.54) is 25.8 Å². The summed E-state index contributed by atoms with van der Waals surface area (Å²) in [4.78, 5) is 24.3. The number of amides is 2. The van der Waals surface area contributed by atoms with Gasteiger partial charge in [-0.3, -0.25) is 0 Å². The highest BCUT2D eigenvalue weighted by molar-refractivity contribution is 5.85. The summed E-state index contributed by atoms with van der Waals surface area (Å²) in [6.07, 6.45) is 0.621. The first kappa shape index (κ1) is 15.2. The van der Waals surface area contributed by atoms with E-state index in [9.17, 15) is 9.59 Å². The SMILES string of the molecule is CN(C(=O)NCC1Cc2ccccc2O1)C(C)(C)C(=O)O. The monoisotopic (exact) mass is 292 g/mol. The number of fused-ring (bicyclic) bond motifs is 1. The zero-order chi connectivity index (χ0) is 15.6. The maximum Gasteiger partial charge on any atom is 0.329 e. The van der Waals surface area contributed by atoms with Gasteiger partial charge in [0.1, 0.15) is 17.4 Å². The van der Waals surface area contributed by atoms with Crippen LogP contribution in [0, 0.1) is 0 Å². The molecular formula is C15H20N2O4. The third-order valence-corrected chi connectivity index (χ3v) is 3.86. The van der Waals surface area contributed by atoms with Crippen LogP contribution >= 0.6 is 0 Å². The van der Waals surface area contributed by atoms with E-state index < -0.39 is 17.5 Å². The molecule has 1 unspecified atom stereocenters. The number of hydrogen-bond donors (Lipinski definition) is 2. The summed E-state index contributed by atoms with van der Waals surface area (Å²) in [5.41, 5.74) is -0.139. The number of aliphatic carboxylic acids is 1. The lowest BCUT2D eigenvalue weighted by molar-refractivity contribution is -0.146. The molecule has 2 N–H and O–H groups in total. The van der Waals surface area contributed by atoms with Crippen molar-refractivity contribution in [2.45, 2.75) is 31.9 Å². The number of nitrogens with zero attached hydrogens (tertiary/aromatic N) is 1. The number of nitrogens with one attached hydrogen (secondary N) is 1. The molecule has 0 fully saturated rings. The fourth-order valence-electron chi connectivity index (χ4n) is 2.08. The predicted molar refractivity (Wildman–Crippen MR) is 77.4 cm³/mol. The number of para-hydroxylation sites is 1. The molecule has 2 rings (SSSR count). The number of carbonyl (C=O) groups excluding carboxylic acids is 1. The molecule has 114 valence electrons. The van der Waals surface area contributed by atoms with Gasteiger partial charge in [-0.15, -0.1) is 0 Å². The minimum atomic E-state index is -1.26. The number of ether oxygens (including phenoxy) is 1. The number of carbonyl (C=O) groups is 2. The lowest BCUT2D eigenvalue weighted by atomic mass is 10.1. The van der Waals surface area contributed by atoms with Crippen LogP contribution in [0.1, 0.15) is 19.4 Å². The molecule has 1 heterocycles. The van der Waals surface area contributed by atoms with Crippen LogP contribution in [0.25, 0.3) is 0 Å². The molecule has 2 amide bonds. The van der Waals surface area contributed by atoms with Crippen LogP contribution in [0.2, 0.25) is 0 Å². The number of carboxylic acids is 1. The lowest BCUT2D eigenvalue weighted by Gasteiger charge is -2.31. The summed E-state index contributed by atoms with van der Waals surface area (Å²) < 4.78 is 5.72. The highest BCUT2D eigenvalue weighted by atomic mass is 16.5. The fourth-order valence-corrected chi connectivity index (χ4v) is 2.08. The Morgan fingerprint density at radius 3 is 2.71 bits per heavy atom. The van der Waals surface area contributed by atoms with Crippen molar-refractivity contribution in [3.8, 4) is 5.75 Å². The van der Waals surface area contributed by atoms with Crippen LogP contribution in [0.5, 0.6) is 5.75 Å². The summed E-state index contributed by atoms with van der Waals surface area (Å²) in [6.45, 7) is 3.31. The average Bonchev–Trinajstić information content (AvgIpc) is 2.86. The van der Waals surface area contributed by atoms with Crippen LogP contribution in [0.3, 0.4) is 0 Å². The maximum absolute atomic E-state index is 12.0. The minimum Gasteiger partial charge on any atom is -0.488 e. The molecule has 0 aromatic heterocycles. The van der Waals surface area contributed by atoms with Crippen LogP contribution in [-0.2, 0) is 11.2 Å². The molecule has 0 aliphatic carbocycles. The third-order valence-electron chi connectivity index (χ3n) is 3.86. The number of rotatable bonds is 4. The first-order chi connectivity index (χ1) is 9.82. The first-order valence-electron chi connectivity index (χ1n) is 6.82. The number of hydrogen-bond acceptors (Lipinski definition) is 3. The van der Waals surface area contributed by atoms with Crippen molar-refractivity contribution in [1.82, 2.24) is 10.2 Å². The molecule has 1 aliphatic heterocycles. The van der Waals surface area contributed by atoms with Crippen LogP contribution < -0.4 is 10.1 Å².